The molecule has 0 amide bonds. The van der Waals surface area contributed by atoms with E-state index in [1.807, 2.05) is 0 Å². The SMILES string of the molecule is COCCC1(CNCC2(N)CCCCC2)CC1. The third-order valence-corrected chi connectivity index (χ3v) is 4.62. The Balaban J connectivity index is 1.65. The second kappa shape index (κ2) is 5.68. The van der Waals surface area contributed by atoms with Gasteiger partial charge >= 0.3 is 0 Å². The van der Waals surface area contributed by atoms with E-state index in [4.69, 9.17) is 10.5 Å². The number of nitrogens with two attached hydrogens (primary N) is 1. The molecule has 0 aromatic rings. The van der Waals surface area contributed by atoms with E-state index in [2.05, 4.69) is 5.32 Å². The van der Waals surface area contributed by atoms with Crippen LogP contribution >= 0.6 is 0 Å². The van der Waals surface area contributed by atoms with E-state index in [0.717, 1.165) is 19.7 Å². The Morgan fingerprint density at radius 3 is 2.35 bits per heavy atom. The predicted molar refractivity (Wildman–Crippen MR) is 71.0 cm³/mol. The van der Waals surface area contributed by atoms with Gasteiger partial charge in [0.1, 0.15) is 0 Å². The van der Waals surface area contributed by atoms with E-state index in [1.165, 1.54) is 51.4 Å². The Hall–Kier alpha value is -0.120. The molecular formula is C14H28N2O. The van der Waals surface area contributed by atoms with Gasteiger partial charge in [-0.3, -0.25) is 0 Å². The summed E-state index contributed by atoms with van der Waals surface area (Å²) in [6.45, 7) is 3.03. The molecule has 3 heteroatoms. The Labute approximate surface area is 105 Å². The van der Waals surface area contributed by atoms with Gasteiger partial charge in [-0.2, -0.15) is 0 Å². The topological polar surface area (TPSA) is 47.3 Å². The minimum atomic E-state index is 0.0790. The molecule has 2 rings (SSSR count). The largest absolute Gasteiger partial charge is 0.385 e. The van der Waals surface area contributed by atoms with Gasteiger partial charge in [0.25, 0.3) is 0 Å². The van der Waals surface area contributed by atoms with Crippen molar-refractivity contribution in [3.05, 3.63) is 0 Å². The van der Waals surface area contributed by atoms with Gasteiger partial charge in [-0.25, -0.2) is 0 Å². The van der Waals surface area contributed by atoms with E-state index >= 15 is 0 Å². The number of hydrogen-bond acceptors (Lipinski definition) is 3. The van der Waals surface area contributed by atoms with Crippen molar-refractivity contribution in [2.24, 2.45) is 11.1 Å². The van der Waals surface area contributed by atoms with Crippen LogP contribution < -0.4 is 11.1 Å². The third kappa shape index (κ3) is 3.94. The lowest BCUT2D eigenvalue weighted by molar-refractivity contribution is 0.169. The number of rotatable bonds is 7. The summed E-state index contributed by atoms with van der Waals surface area (Å²) in [7, 11) is 1.79. The zero-order valence-electron chi connectivity index (χ0n) is 11.3. The normalized spacial score (nSPS) is 25.8. The minimum absolute atomic E-state index is 0.0790. The fraction of sp³-hybridized carbons (Fsp3) is 1.00. The van der Waals surface area contributed by atoms with Crippen LogP contribution in [-0.4, -0.2) is 32.3 Å². The molecule has 2 saturated carbocycles. The van der Waals surface area contributed by atoms with Crippen LogP contribution in [0.15, 0.2) is 0 Å². The smallest absolute Gasteiger partial charge is 0.0468 e. The Kier molecular flexibility index (Phi) is 4.45. The van der Waals surface area contributed by atoms with Crippen LogP contribution in [0.4, 0.5) is 0 Å². The molecule has 2 aliphatic carbocycles. The van der Waals surface area contributed by atoms with Crippen LogP contribution in [0.5, 0.6) is 0 Å². The van der Waals surface area contributed by atoms with E-state index in [-0.39, 0.29) is 5.54 Å². The van der Waals surface area contributed by atoms with E-state index in [0.29, 0.717) is 5.41 Å². The van der Waals surface area contributed by atoms with Crippen molar-refractivity contribution in [3.63, 3.8) is 0 Å². The van der Waals surface area contributed by atoms with Crippen LogP contribution in [0.1, 0.15) is 51.4 Å². The van der Waals surface area contributed by atoms with Gasteiger partial charge < -0.3 is 15.8 Å². The zero-order valence-corrected chi connectivity index (χ0v) is 11.3. The number of ether oxygens (including phenoxy) is 1. The molecule has 17 heavy (non-hydrogen) atoms. The van der Waals surface area contributed by atoms with Crippen LogP contribution in [0.2, 0.25) is 0 Å². The maximum atomic E-state index is 6.42. The van der Waals surface area contributed by atoms with Crippen LogP contribution in [0.25, 0.3) is 0 Å². The second-order valence-corrected chi connectivity index (χ2v) is 6.27. The van der Waals surface area contributed by atoms with Crippen molar-refractivity contribution in [2.75, 3.05) is 26.8 Å². The first kappa shape index (κ1) is 13.3. The molecule has 0 bridgehead atoms. The number of methoxy groups -OCH3 is 1. The highest BCUT2D eigenvalue weighted by atomic mass is 16.5. The first-order chi connectivity index (χ1) is 8.18. The molecule has 2 aliphatic rings. The standard InChI is InChI=1S/C14H28N2O/c1-17-10-9-13(7-8-13)11-16-12-14(15)5-3-2-4-6-14/h16H,2-12,15H2,1H3. The quantitative estimate of drug-likeness (QED) is 0.716. The fourth-order valence-corrected chi connectivity index (χ4v) is 3.02. The van der Waals surface area contributed by atoms with Crippen molar-refractivity contribution in [1.29, 1.82) is 0 Å². The molecule has 100 valence electrons. The first-order valence-electron chi connectivity index (χ1n) is 7.17. The molecule has 0 aromatic heterocycles. The Bertz CT molecular complexity index is 232. The highest BCUT2D eigenvalue weighted by molar-refractivity contribution is 4.96. The molecule has 3 N–H and O–H groups in total. The molecule has 3 nitrogen and oxygen atoms in total. The van der Waals surface area contributed by atoms with Gasteiger partial charge in [-0.15, -0.1) is 0 Å². The third-order valence-electron chi connectivity index (χ3n) is 4.62. The second-order valence-electron chi connectivity index (χ2n) is 6.27. The molecule has 0 radical (unpaired) electrons. The minimum Gasteiger partial charge on any atom is -0.385 e. The van der Waals surface area contributed by atoms with Gasteiger partial charge in [0.05, 0.1) is 0 Å². The lowest BCUT2D eigenvalue weighted by Crippen LogP contribution is -2.50. The van der Waals surface area contributed by atoms with Gasteiger partial charge in [-0.05, 0) is 37.5 Å². The molecular weight excluding hydrogens is 212 g/mol. The maximum Gasteiger partial charge on any atom is 0.0468 e. The fourth-order valence-electron chi connectivity index (χ4n) is 3.02. The van der Waals surface area contributed by atoms with Crippen LogP contribution in [-0.2, 0) is 4.74 Å². The predicted octanol–water partition coefficient (Wildman–Crippen LogP) is 2.05. The molecule has 2 fully saturated rings. The van der Waals surface area contributed by atoms with E-state index in [1.54, 1.807) is 7.11 Å². The number of nitrogens with one attached hydrogen (secondary N) is 1. The van der Waals surface area contributed by atoms with Gasteiger partial charge in [-0.1, -0.05) is 19.3 Å². The van der Waals surface area contributed by atoms with E-state index in [9.17, 15) is 0 Å². The Morgan fingerprint density at radius 2 is 1.76 bits per heavy atom. The number of hydrogen-bond donors (Lipinski definition) is 2. The Morgan fingerprint density at radius 1 is 1.06 bits per heavy atom. The average molecular weight is 240 g/mol. The summed E-state index contributed by atoms with van der Waals surface area (Å²) in [5, 5.41) is 3.63. The lowest BCUT2D eigenvalue weighted by atomic mass is 9.82. The average Bonchev–Trinajstić information content (AvgIpc) is 3.08. The lowest BCUT2D eigenvalue weighted by Gasteiger charge is -2.34. The molecule has 0 spiro atoms. The van der Waals surface area contributed by atoms with Crippen molar-refractivity contribution in [1.82, 2.24) is 5.32 Å². The van der Waals surface area contributed by atoms with Crippen molar-refractivity contribution in [2.45, 2.75) is 56.9 Å². The maximum absolute atomic E-state index is 6.42. The van der Waals surface area contributed by atoms with Crippen LogP contribution in [0.3, 0.4) is 0 Å². The van der Waals surface area contributed by atoms with Gasteiger partial charge in [0, 0.05) is 32.3 Å². The van der Waals surface area contributed by atoms with Crippen molar-refractivity contribution >= 4 is 0 Å². The monoisotopic (exact) mass is 240 g/mol. The van der Waals surface area contributed by atoms with Gasteiger partial charge in [0.15, 0.2) is 0 Å². The first-order valence-corrected chi connectivity index (χ1v) is 7.17. The van der Waals surface area contributed by atoms with Gasteiger partial charge in [0.2, 0.25) is 0 Å². The zero-order chi connectivity index (χ0) is 12.2. The molecule has 0 aliphatic heterocycles. The molecule has 0 aromatic carbocycles. The van der Waals surface area contributed by atoms with Crippen LogP contribution in [0, 0.1) is 5.41 Å². The molecule has 0 heterocycles. The summed E-state index contributed by atoms with van der Waals surface area (Å²) in [6, 6.07) is 0. The molecule has 0 unspecified atom stereocenters. The molecule has 0 atom stereocenters. The summed E-state index contributed by atoms with van der Waals surface area (Å²) in [5.41, 5.74) is 7.04. The van der Waals surface area contributed by atoms with Crippen molar-refractivity contribution < 1.29 is 4.74 Å². The summed E-state index contributed by atoms with van der Waals surface area (Å²) in [4.78, 5) is 0. The summed E-state index contributed by atoms with van der Waals surface area (Å²) >= 11 is 0. The summed E-state index contributed by atoms with van der Waals surface area (Å²) in [6.07, 6.45) is 10.3. The van der Waals surface area contributed by atoms with E-state index < -0.39 is 0 Å². The van der Waals surface area contributed by atoms with Crippen molar-refractivity contribution in [3.8, 4) is 0 Å². The molecule has 0 saturated heterocycles. The summed E-state index contributed by atoms with van der Waals surface area (Å²) in [5.74, 6) is 0. The summed E-state index contributed by atoms with van der Waals surface area (Å²) < 4.78 is 5.18. The highest BCUT2D eigenvalue weighted by Crippen LogP contribution is 2.48. The highest BCUT2D eigenvalue weighted by Gasteiger charge is 2.41.